The van der Waals surface area contributed by atoms with Gasteiger partial charge in [0.25, 0.3) is 0 Å². The van der Waals surface area contributed by atoms with Gasteiger partial charge in [-0.1, -0.05) is 91.0 Å². The standard InChI is InChI=1S/C29H31NO3.ClH/c1-2-33-28(32)29(25-16-10-5-11-17-25)18-20-30(21-19-29)22-26(31)27(23-12-6-3-7-13-23)24-14-8-4-9-15-24;/h3-17,27H,2,18-22H2,1H3;1H. The van der Waals surface area contributed by atoms with E-state index in [1.54, 1.807) is 0 Å². The Morgan fingerprint density at radius 1 is 0.824 bits per heavy atom. The Hall–Kier alpha value is -2.95. The minimum atomic E-state index is -0.644. The second-order valence-electron chi connectivity index (χ2n) is 8.67. The highest BCUT2D eigenvalue weighted by Gasteiger charge is 2.44. The van der Waals surface area contributed by atoms with Crippen LogP contribution in [0.2, 0.25) is 0 Å². The van der Waals surface area contributed by atoms with E-state index < -0.39 is 5.41 Å². The molecule has 1 saturated heterocycles. The van der Waals surface area contributed by atoms with E-state index in [0.29, 0.717) is 39.1 Å². The van der Waals surface area contributed by atoms with Crippen LogP contribution < -0.4 is 0 Å². The monoisotopic (exact) mass is 477 g/mol. The molecule has 4 rings (SSSR count). The lowest BCUT2D eigenvalue weighted by Crippen LogP contribution is -2.49. The van der Waals surface area contributed by atoms with Gasteiger partial charge >= 0.3 is 5.97 Å². The predicted octanol–water partition coefficient (Wildman–Crippen LogP) is 5.41. The third-order valence-electron chi connectivity index (χ3n) is 6.67. The van der Waals surface area contributed by atoms with Crippen molar-refractivity contribution in [2.75, 3.05) is 26.2 Å². The molecule has 5 heteroatoms. The number of rotatable bonds is 8. The predicted molar refractivity (Wildman–Crippen MR) is 137 cm³/mol. The van der Waals surface area contributed by atoms with Crippen molar-refractivity contribution in [3.05, 3.63) is 108 Å². The first-order valence-corrected chi connectivity index (χ1v) is 11.7. The van der Waals surface area contributed by atoms with Crippen LogP contribution in [-0.4, -0.2) is 42.9 Å². The van der Waals surface area contributed by atoms with Crippen molar-refractivity contribution in [2.45, 2.75) is 31.1 Å². The smallest absolute Gasteiger partial charge is 0.316 e. The fraction of sp³-hybridized carbons (Fsp3) is 0.310. The SMILES string of the molecule is CCOC(=O)C1(c2ccccc2)CCN(CC(=O)C(c2ccccc2)c2ccccc2)CC1.Cl. The van der Waals surface area contributed by atoms with Crippen molar-refractivity contribution in [1.82, 2.24) is 4.90 Å². The molecule has 178 valence electrons. The molecule has 3 aromatic rings. The maximum Gasteiger partial charge on any atom is 0.316 e. The summed E-state index contributed by atoms with van der Waals surface area (Å²) in [5.74, 6) is -0.275. The average Bonchev–Trinajstić information content (AvgIpc) is 2.87. The van der Waals surface area contributed by atoms with Crippen molar-refractivity contribution < 1.29 is 14.3 Å². The van der Waals surface area contributed by atoms with Gasteiger partial charge in [-0.2, -0.15) is 0 Å². The third-order valence-corrected chi connectivity index (χ3v) is 6.67. The van der Waals surface area contributed by atoms with E-state index in [4.69, 9.17) is 4.74 Å². The molecule has 0 atom stereocenters. The molecule has 1 aliphatic heterocycles. The van der Waals surface area contributed by atoms with E-state index in [-0.39, 0.29) is 30.1 Å². The summed E-state index contributed by atoms with van der Waals surface area (Å²) < 4.78 is 5.48. The number of ether oxygens (including phenoxy) is 1. The summed E-state index contributed by atoms with van der Waals surface area (Å²) >= 11 is 0. The number of piperidine rings is 1. The molecule has 0 bridgehead atoms. The van der Waals surface area contributed by atoms with Crippen LogP contribution in [0.1, 0.15) is 42.4 Å². The van der Waals surface area contributed by atoms with Crippen LogP contribution in [0.25, 0.3) is 0 Å². The molecule has 0 aromatic heterocycles. The molecular formula is C29H32ClNO3. The minimum absolute atomic E-state index is 0. The number of halogens is 1. The highest BCUT2D eigenvalue weighted by atomic mass is 35.5. The van der Waals surface area contributed by atoms with E-state index in [1.165, 1.54) is 0 Å². The van der Waals surface area contributed by atoms with Gasteiger partial charge in [0.1, 0.15) is 0 Å². The molecular weight excluding hydrogens is 446 g/mol. The molecule has 3 aromatic carbocycles. The number of carbonyl (C=O) groups excluding carboxylic acids is 2. The Balaban J connectivity index is 0.00000324. The highest BCUT2D eigenvalue weighted by molar-refractivity contribution is 5.90. The summed E-state index contributed by atoms with van der Waals surface area (Å²) in [6.45, 7) is 3.93. The minimum Gasteiger partial charge on any atom is -0.465 e. The first kappa shape index (κ1) is 25.7. The maximum absolute atomic E-state index is 13.5. The van der Waals surface area contributed by atoms with Gasteiger partial charge in [0.15, 0.2) is 5.78 Å². The largest absolute Gasteiger partial charge is 0.465 e. The number of nitrogens with zero attached hydrogens (tertiary/aromatic N) is 1. The first-order chi connectivity index (χ1) is 16.1. The number of esters is 1. The molecule has 0 N–H and O–H groups in total. The fourth-order valence-electron chi connectivity index (χ4n) is 4.90. The summed E-state index contributed by atoms with van der Waals surface area (Å²) in [4.78, 5) is 28.7. The van der Waals surface area contributed by atoms with E-state index >= 15 is 0 Å². The van der Waals surface area contributed by atoms with Crippen LogP contribution in [0.5, 0.6) is 0 Å². The Morgan fingerprint density at radius 2 is 1.29 bits per heavy atom. The van der Waals surface area contributed by atoms with E-state index in [0.717, 1.165) is 16.7 Å². The van der Waals surface area contributed by atoms with E-state index in [2.05, 4.69) is 4.90 Å². The lowest BCUT2D eigenvalue weighted by Gasteiger charge is -2.40. The van der Waals surface area contributed by atoms with Crippen LogP contribution in [-0.2, 0) is 19.7 Å². The summed E-state index contributed by atoms with van der Waals surface area (Å²) in [6.07, 6.45) is 1.29. The molecule has 0 radical (unpaired) electrons. The molecule has 0 unspecified atom stereocenters. The van der Waals surface area contributed by atoms with Gasteiger partial charge in [0.05, 0.1) is 24.5 Å². The molecule has 4 nitrogen and oxygen atoms in total. The number of likely N-dealkylation sites (tertiary alicyclic amines) is 1. The number of hydrogen-bond acceptors (Lipinski definition) is 4. The highest BCUT2D eigenvalue weighted by Crippen LogP contribution is 2.37. The lowest BCUT2D eigenvalue weighted by molar-refractivity contribution is -0.152. The van der Waals surface area contributed by atoms with Gasteiger partial charge in [-0.25, -0.2) is 0 Å². The molecule has 0 spiro atoms. The van der Waals surface area contributed by atoms with Crippen LogP contribution in [0, 0.1) is 0 Å². The van der Waals surface area contributed by atoms with Crippen LogP contribution >= 0.6 is 12.4 Å². The summed E-state index contributed by atoms with van der Waals surface area (Å²) in [5.41, 5.74) is 2.38. The average molecular weight is 478 g/mol. The van der Waals surface area contributed by atoms with Crippen LogP contribution in [0.3, 0.4) is 0 Å². The van der Waals surface area contributed by atoms with Gasteiger partial charge in [-0.15, -0.1) is 12.4 Å². The molecule has 0 amide bonds. The van der Waals surface area contributed by atoms with E-state index in [1.807, 2.05) is 97.9 Å². The number of carbonyl (C=O) groups is 2. The van der Waals surface area contributed by atoms with Crippen molar-refractivity contribution in [3.63, 3.8) is 0 Å². The van der Waals surface area contributed by atoms with Crippen LogP contribution in [0.15, 0.2) is 91.0 Å². The van der Waals surface area contributed by atoms with Gasteiger partial charge < -0.3 is 4.74 Å². The molecule has 1 aliphatic rings. The Labute approximate surface area is 208 Å². The molecule has 34 heavy (non-hydrogen) atoms. The molecule has 1 heterocycles. The zero-order valence-electron chi connectivity index (χ0n) is 19.6. The molecule has 1 fully saturated rings. The van der Waals surface area contributed by atoms with Gasteiger partial charge in [0.2, 0.25) is 0 Å². The van der Waals surface area contributed by atoms with E-state index in [9.17, 15) is 9.59 Å². The third kappa shape index (κ3) is 5.57. The number of hydrogen-bond donors (Lipinski definition) is 0. The zero-order valence-corrected chi connectivity index (χ0v) is 20.4. The normalized spacial score (nSPS) is 15.4. The summed E-state index contributed by atoms with van der Waals surface area (Å²) in [6, 6.07) is 29.9. The molecule has 0 aliphatic carbocycles. The Morgan fingerprint density at radius 3 is 1.76 bits per heavy atom. The first-order valence-electron chi connectivity index (χ1n) is 11.7. The zero-order chi connectivity index (χ0) is 23.1. The van der Waals surface area contributed by atoms with Gasteiger partial charge in [-0.3, -0.25) is 14.5 Å². The number of Topliss-reactive ketones (excluding diaryl/α,β-unsaturated/α-hetero) is 1. The number of ketones is 1. The lowest BCUT2D eigenvalue weighted by atomic mass is 9.72. The second kappa shape index (κ2) is 12.0. The Kier molecular flexibility index (Phi) is 9.03. The van der Waals surface area contributed by atoms with Gasteiger partial charge in [0, 0.05) is 13.1 Å². The summed E-state index contributed by atoms with van der Waals surface area (Å²) in [5, 5.41) is 0. The van der Waals surface area contributed by atoms with Crippen molar-refractivity contribution in [1.29, 1.82) is 0 Å². The van der Waals surface area contributed by atoms with Gasteiger partial charge in [-0.05, 0) is 36.5 Å². The Bertz CT molecular complexity index is 1010. The van der Waals surface area contributed by atoms with Crippen LogP contribution in [0.4, 0.5) is 0 Å². The second-order valence-corrected chi connectivity index (χ2v) is 8.67. The number of benzene rings is 3. The fourth-order valence-corrected chi connectivity index (χ4v) is 4.90. The topological polar surface area (TPSA) is 46.6 Å². The van der Waals surface area contributed by atoms with Crippen molar-refractivity contribution in [2.24, 2.45) is 0 Å². The molecule has 0 saturated carbocycles. The van der Waals surface area contributed by atoms with Crippen molar-refractivity contribution in [3.8, 4) is 0 Å². The maximum atomic E-state index is 13.5. The quantitative estimate of drug-likeness (QED) is 0.407. The summed E-state index contributed by atoms with van der Waals surface area (Å²) in [7, 11) is 0. The van der Waals surface area contributed by atoms with Crippen molar-refractivity contribution >= 4 is 24.2 Å².